The molecule has 2 aromatic heterocycles. The number of hydrogen-bond acceptors (Lipinski definition) is 7. The van der Waals surface area contributed by atoms with Gasteiger partial charge in [0.2, 0.25) is 5.82 Å². The van der Waals surface area contributed by atoms with Gasteiger partial charge in [0.25, 0.3) is 5.95 Å². The van der Waals surface area contributed by atoms with Crippen LogP contribution in [0.5, 0.6) is 0 Å². The number of aryl methyl sites for hydroxylation is 1. The summed E-state index contributed by atoms with van der Waals surface area (Å²) >= 11 is 0. The largest absolute Gasteiger partial charge is 0.274 e. The van der Waals surface area contributed by atoms with Crippen LogP contribution in [-0.4, -0.2) is 29.9 Å². The lowest BCUT2D eigenvalue weighted by Crippen LogP contribution is -2.09. The molecule has 0 aliphatic carbocycles. The van der Waals surface area contributed by atoms with E-state index in [0.29, 0.717) is 0 Å². The van der Waals surface area contributed by atoms with Crippen molar-refractivity contribution in [2.75, 3.05) is 0 Å². The van der Waals surface area contributed by atoms with Crippen LogP contribution in [0.25, 0.3) is 5.95 Å². The Labute approximate surface area is 96.2 Å². The van der Waals surface area contributed by atoms with Gasteiger partial charge in [-0.2, -0.15) is 10.5 Å². The van der Waals surface area contributed by atoms with Crippen LogP contribution in [-0.2, 0) is 0 Å². The topological polar surface area (TPSA) is 117 Å². The van der Waals surface area contributed by atoms with E-state index in [4.69, 9.17) is 10.5 Å². The van der Waals surface area contributed by atoms with Crippen molar-refractivity contribution < 1.29 is 0 Å². The van der Waals surface area contributed by atoms with Gasteiger partial charge in [-0.05, 0) is 6.92 Å². The van der Waals surface area contributed by atoms with Crippen LogP contribution < -0.4 is 0 Å². The van der Waals surface area contributed by atoms with E-state index in [1.165, 1.54) is 6.33 Å². The summed E-state index contributed by atoms with van der Waals surface area (Å²) in [5, 5.41) is 32.2. The first-order chi connectivity index (χ1) is 8.24. The van der Waals surface area contributed by atoms with Gasteiger partial charge in [0.15, 0.2) is 5.92 Å². The van der Waals surface area contributed by atoms with Gasteiger partial charge in [-0.3, -0.25) is 4.57 Å². The predicted octanol–water partition coefficient (Wildman–Crippen LogP) is -0.109. The summed E-state index contributed by atoms with van der Waals surface area (Å²) in [6.07, 6.45) is 3.24. The third-order valence-electron chi connectivity index (χ3n) is 1.94. The van der Waals surface area contributed by atoms with Crippen molar-refractivity contribution in [3.05, 3.63) is 24.0 Å². The van der Waals surface area contributed by atoms with Crippen LogP contribution in [0.1, 0.15) is 17.4 Å². The molecule has 17 heavy (non-hydrogen) atoms. The summed E-state index contributed by atoms with van der Waals surface area (Å²) in [4.78, 5) is 4.01. The third-order valence-corrected chi connectivity index (χ3v) is 1.94. The van der Waals surface area contributed by atoms with Crippen LogP contribution in [0.15, 0.2) is 12.5 Å². The lowest BCUT2D eigenvalue weighted by atomic mass is 10.2. The second-order valence-corrected chi connectivity index (χ2v) is 3.17. The first kappa shape index (κ1) is 10.6. The Hall–Kier alpha value is -2.87. The fourth-order valence-electron chi connectivity index (χ4n) is 1.13. The normalized spacial score (nSPS) is 9.88. The fourth-order valence-corrected chi connectivity index (χ4v) is 1.13. The minimum atomic E-state index is -1.05. The van der Waals surface area contributed by atoms with Crippen molar-refractivity contribution in [2.24, 2.45) is 0 Å². The zero-order valence-electron chi connectivity index (χ0n) is 8.81. The van der Waals surface area contributed by atoms with Crippen molar-refractivity contribution in [1.82, 2.24) is 29.9 Å². The number of hydrogen-bond donors (Lipinski definition) is 0. The molecule has 0 radical (unpaired) electrons. The Morgan fingerprint density at radius 1 is 1.18 bits per heavy atom. The smallest absolute Gasteiger partial charge is 0.272 e. The molecule has 0 bridgehead atoms. The molecule has 82 valence electrons. The van der Waals surface area contributed by atoms with E-state index < -0.39 is 5.92 Å². The highest BCUT2D eigenvalue weighted by molar-refractivity contribution is 5.18. The molecule has 0 N–H and O–H groups in total. The summed E-state index contributed by atoms with van der Waals surface area (Å²) < 4.78 is 1.55. The van der Waals surface area contributed by atoms with E-state index in [9.17, 15) is 0 Å². The van der Waals surface area contributed by atoms with E-state index in [1.807, 2.05) is 6.92 Å². The van der Waals surface area contributed by atoms with Gasteiger partial charge in [-0.15, -0.1) is 20.4 Å². The standard InChI is InChI=1S/C9H6N8/c1-6-4-17(5-12-6)9-15-13-8(14-16-9)7(2-10)3-11/h4-5,7H,1H3. The molecule has 0 unspecified atom stereocenters. The van der Waals surface area contributed by atoms with Gasteiger partial charge in [-0.1, -0.05) is 0 Å². The van der Waals surface area contributed by atoms with Gasteiger partial charge in [0.05, 0.1) is 17.8 Å². The van der Waals surface area contributed by atoms with Crippen LogP contribution in [0, 0.1) is 29.6 Å². The van der Waals surface area contributed by atoms with Crippen molar-refractivity contribution in [1.29, 1.82) is 10.5 Å². The lowest BCUT2D eigenvalue weighted by molar-refractivity contribution is 0.721. The van der Waals surface area contributed by atoms with Crippen molar-refractivity contribution in [2.45, 2.75) is 12.8 Å². The number of nitrogens with zero attached hydrogens (tertiary/aromatic N) is 8. The van der Waals surface area contributed by atoms with Gasteiger partial charge in [0.1, 0.15) is 6.33 Å². The first-order valence-electron chi connectivity index (χ1n) is 4.62. The molecule has 0 aromatic carbocycles. The maximum Gasteiger partial charge on any atom is 0.274 e. The van der Waals surface area contributed by atoms with E-state index in [0.717, 1.165) is 5.69 Å². The van der Waals surface area contributed by atoms with E-state index >= 15 is 0 Å². The molecule has 8 nitrogen and oxygen atoms in total. The predicted molar refractivity (Wildman–Crippen MR) is 53.4 cm³/mol. The molecule has 0 fully saturated rings. The van der Waals surface area contributed by atoms with Crippen molar-refractivity contribution >= 4 is 0 Å². The van der Waals surface area contributed by atoms with Gasteiger partial charge in [0, 0.05) is 6.20 Å². The molecule has 2 rings (SSSR count). The quantitative estimate of drug-likeness (QED) is 0.701. The van der Waals surface area contributed by atoms with Gasteiger partial charge < -0.3 is 0 Å². The highest BCUT2D eigenvalue weighted by Gasteiger charge is 2.14. The van der Waals surface area contributed by atoms with Gasteiger partial charge in [-0.25, -0.2) is 4.98 Å². The maximum absolute atomic E-state index is 8.65. The molecule has 0 amide bonds. The van der Waals surface area contributed by atoms with Crippen LogP contribution >= 0.6 is 0 Å². The summed E-state index contributed by atoms with van der Waals surface area (Å²) in [5.41, 5.74) is 0.810. The Kier molecular flexibility index (Phi) is 2.71. The zero-order valence-corrected chi connectivity index (χ0v) is 8.81. The maximum atomic E-state index is 8.65. The van der Waals surface area contributed by atoms with E-state index in [2.05, 4.69) is 25.4 Å². The SMILES string of the molecule is Cc1cn(-c2nnc(C(C#N)C#N)nn2)cn1. The number of aromatic nitrogens is 6. The Morgan fingerprint density at radius 3 is 2.29 bits per heavy atom. The zero-order chi connectivity index (χ0) is 12.3. The molecule has 0 atom stereocenters. The first-order valence-corrected chi connectivity index (χ1v) is 4.62. The van der Waals surface area contributed by atoms with Gasteiger partial charge >= 0.3 is 0 Å². The van der Waals surface area contributed by atoms with Crippen LogP contribution in [0.3, 0.4) is 0 Å². The summed E-state index contributed by atoms with van der Waals surface area (Å²) in [5.74, 6) is -0.812. The number of rotatable bonds is 2. The monoisotopic (exact) mass is 226 g/mol. The van der Waals surface area contributed by atoms with E-state index in [-0.39, 0.29) is 11.8 Å². The molecule has 0 saturated heterocycles. The molecule has 0 aliphatic heterocycles. The van der Waals surface area contributed by atoms with Crippen molar-refractivity contribution in [3.63, 3.8) is 0 Å². The molecule has 2 aromatic rings. The third kappa shape index (κ3) is 2.06. The summed E-state index contributed by atoms with van der Waals surface area (Å²) in [6.45, 7) is 1.83. The molecule has 0 saturated carbocycles. The second-order valence-electron chi connectivity index (χ2n) is 3.17. The second kappa shape index (κ2) is 4.33. The Morgan fingerprint density at radius 2 is 1.82 bits per heavy atom. The van der Waals surface area contributed by atoms with E-state index in [1.54, 1.807) is 22.9 Å². The van der Waals surface area contributed by atoms with Crippen molar-refractivity contribution in [3.8, 4) is 18.1 Å². The molecular formula is C9H6N8. The summed E-state index contributed by atoms with van der Waals surface area (Å²) in [7, 11) is 0. The minimum absolute atomic E-state index is 0.00409. The molecule has 2 heterocycles. The number of imidazole rings is 1. The minimum Gasteiger partial charge on any atom is -0.272 e. The highest BCUT2D eigenvalue weighted by atomic mass is 15.4. The number of nitriles is 2. The van der Waals surface area contributed by atoms with Crippen LogP contribution in [0.4, 0.5) is 0 Å². The Balaban J connectivity index is 2.31. The highest BCUT2D eigenvalue weighted by Crippen LogP contribution is 2.06. The molecule has 8 heteroatoms. The molecular weight excluding hydrogens is 220 g/mol. The Bertz CT molecular complexity index is 585. The molecule has 0 aliphatic rings. The average molecular weight is 226 g/mol. The summed E-state index contributed by atoms with van der Waals surface area (Å²) in [6, 6.07) is 3.49. The molecule has 0 spiro atoms. The fraction of sp³-hybridized carbons (Fsp3) is 0.222. The lowest BCUT2D eigenvalue weighted by Gasteiger charge is -1.99. The average Bonchev–Trinajstić information content (AvgIpc) is 2.78. The van der Waals surface area contributed by atoms with Crippen LogP contribution in [0.2, 0.25) is 0 Å².